The fourth-order valence-corrected chi connectivity index (χ4v) is 2.78. The van der Waals surface area contributed by atoms with E-state index in [4.69, 9.17) is 0 Å². The summed E-state index contributed by atoms with van der Waals surface area (Å²) in [5, 5.41) is 6.21. The first-order valence-corrected chi connectivity index (χ1v) is 8.00. The lowest BCUT2D eigenvalue weighted by molar-refractivity contribution is 0.0923. The van der Waals surface area contributed by atoms with Gasteiger partial charge in [-0.05, 0) is 49.7 Å². The smallest absolute Gasteiger partial charge is 0.251 e. The van der Waals surface area contributed by atoms with E-state index in [1.165, 1.54) is 12.8 Å². The molecule has 2 rings (SSSR count). The number of rotatable bonds is 4. The van der Waals surface area contributed by atoms with Crippen LogP contribution in [0.2, 0.25) is 0 Å². The summed E-state index contributed by atoms with van der Waals surface area (Å²) < 4.78 is 0. The van der Waals surface area contributed by atoms with Crippen molar-refractivity contribution in [3.63, 3.8) is 0 Å². The van der Waals surface area contributed by atoms with Gasteiger partial charge in [-0.1, -0.05) is 20.8 Å². The molecule has 0 radical (unpaired) electrons. The standard InChI is InChI=1S/C17H27N3O/c1-11(2)15-9-13(10-16(18-4)20-15)17(21)19-14-7-5-12(3)6-8-14/h9-12,14H,5-8H2,1-4H3,(H,18,20)(H,19,21). The number of nitrogens with zero attached hydrogens (tertiary/aromatic N) is 1. The third-order valence-corrected chi connectivity index (χ3v) is 4.31. The maximum absolute atomic E-state index is 12.5. The van der Waals surface area contributed by atoms with Gasteiger partial charge in [0, 0.05) is 24.3 Å². The number of pyridine rings is 1. The van der Waals surface area contributed by atoms with Crippen LogP contribution in [0.4, 0.5) is 5.82 Å². The summed E-state index contributed by atoms with van der Waals surface area (Å²) in [7, 11) is 1.83. The fraction of sp³-hybridized carbons (Fsp3) is 0.647. The van der Waals surface area contributed by atoms with Crippen molar-refractivity contribution in [3.05, 3.63) is 23.4 Å². The van der Waals surface area contributed by atoms with Gasteiger partial charge < -0.3 is 10.6 Å². The maximum Gasteiger partial charge on any atom is 0.251 e. The molecule has 4 heteroatoms. The Morgan fingerprint density at radius 1 is 1.24 bits per heavy atom. The molecule has 0 aromatic carbocycles. The topological polar surface area (TPSA) is 54.0 Å². The lowest BCUT2D eigenvalue weighted by Crippen LogP contribution is -2.37. The molecule has 1 aromatic rings. The highest BCUT2D eigenvalue weighted by molar-refractivity contribution is 5.95. The van der Waals surface area contributed by atoms with Gasteiger partial charge in [-0.3, -0.25) is 4.79 Å². The Labute approximate surface area is 127 Å². The normalized spacial score (nSPS) is 22.1. The van der Waals surface area contributed by atoms with E-state index in [1.54, 1.807) is 0 Å². The summed E-state index contributed by atoms with van der Waals surface area (Å²) in [5.41, 5.74) is 1.65. The summed E-state index contributed by atoms with van der Waals surface area (Å²) in [6, 6.07) is 4.06. The van der Waals surface area contributed by atoms with Crippen LogP contribution in [-0.2, 0) is 0 Å². The molecule has 0 aliphatic heterocycles. The molecule has 1 fully saturated rings. The zero-order chi connectivity index (χ0) is 15.4. The number of carbonyl (C=O) groups is 1. The molecule has 1 aromatic heterocycles. The highest BCUT2D eigenvalue weighted by Crippen LogP contribution is 2.24. The molecule has 1 aliphatic carbocycles. The summed E-state index contributed by atoms with van der Waals surface area (Å²) in [5.74, 6) is 1.88. The minimum Gasteiger partial charge on any atom is -0.373 e. The van der Waals surface area contributed by atoms with Crippen molar-refractivity contribution < 1.29 is 4.79 Å². The van der Waals surface area contributed by atoms with Gasteiger partial charge in [-0.25, -0.2) is 4.98 Å². The molecule has 21 heavy (non-hydrogen) atoms. The molecule has 116 valence electrons. The lowest BCUT2D eigenvalue weighted by Gasteiger charge is -2.27. The predicted molar refractivity (Wildman–Crippen MR) is 86.8 cm³/mol. The molecule has 0 bridgehead atoms. The Morgan fingerprint density at radius 2 is 1.90 bits per heavy atom. The molecule has 4 nitrogen and oxygen atoms in total. The van der Waals surface area contributed by atoms with Gasteiger partial charge in [-0.2, -0.15) is 0 Å². The van der Waals surface area contributed by atoms with Crippen LogP contribution >= 0.6 is 0 Å². The quantitative estimate of drug-likeness (QED) is 0.891. The Morgan fingerprint density at radius 3 is 2.48 bits per heavy atom. The molecular weight excluding hydrogens is 262 g/mol. The molecule has 0 atom stereocenters. The third-order valence-electron chi connectivity index (χ3n) is 4.31. The van der Waals surface area contributed by atoms with Crippen molar-refractivity contribution in [1.29, 1.82) is 0 Å². The van der Waals surface area contributed by atoms with Crippen molar-refractivity contribution in [1.82, 2.24) is 10.3 Å². The predicted octanol–water partition coefficient (Wildman–Crippen LogP) is 3.56. The monoisotopic (exact) mass is 289 g/mol. The largest absolute Gasteiger partial charge is 0.373 e. The van der Waals surface area contributed by atoms with Crippen molar-refractivity contribution in [2.75, 3.05) is 12.4 Å². The SMILES string of the molecule is CNc1cc(C(=O)NC2CCC(C)CC2)cc(C(C)C)n1. The minimum absolute atomic E-state index is 0.0235. The number of nitrogens with one attached hydrogen (secondary N) is 2. The average Bonchev–Trinajstić information content (AvgIpc) is 2.49. The Hall–Kier alpha value is -1.58. The van der Waals surface area contributed by atoms with E-state index < -0.39 is 0 Å². The van der Waals surface area contributed by atoms with Gasteiger partial charge in [0.25, 0.3) is 5.91 Å². The van der Waals surface area contributed by atoms with Crippen molar-refractivity contribution in [3.8, 4) is 0 Å². The average molecular weight is 289 g/mol. The van der Waals surface area contributed by atoms with E-state index in [1.807, 2.05) is 19.2 Å². The maximum atomic E-state index is 12.5. The van der Waals surface area contributed by atoms with Crippen LogP contribution < -0.4 is 10.6 Å². The van der Waals surface area contributed by atoms with Crippen LogP contribution in [0.25, 0.3) is 0 Å². The first-order valence-electron chi connectivity index (χ1n) is 8.00. The zero-order valence-electron chi connectivity index (χ0n) is 13.6. The van der Waals surface area contributed by atoms with Gasteiger partial charge >= 0.3 is 0 Å². The molecule has 1 saturated carbocycles. The summed E-state index contributed by atoms with van der Waals surface area (Å²) in [4.78, 5) is 17.0. The number of aromatic nitrogens is 1. The molecule has 1 heterocycles. The van der Waals surface area contributed by atoms with Gasteiger partial charge in [0.1, 0.15) is 5.82 Å². The first kappa shape index (κ1) is 15.8. The molecule has 2 N–H and O–H groups in total. The summed E-state index contributed by atoms with van der Waals surface area (Å²) >= 11 is 0. The third kappa shape index (κ3) is 4.19. The first-order chi connectivity index (χ1) is 9.99. The van der Waals surface area contributed by atoms with Gasteiger partial charge in [0.05, 0.1) is 0 Å². The van der Waals surface area contributed by atoms with Crippen molar-refractivity contribution in [2.24, 2.45) is 5.92 Å². The Balaban J connectivity index is 2.09. The molecule has 1 aliphatic rings. The van der Waals surface area contributed by atoms with Crippen LogP contribution in [-0.4, -0.2) is 24.0 Å². The Bertz CT molecular complexity index is 491. The van der Waals surface area contributed by atoms with Crippen LogP contribution in [0.5, 0.6) is 0 Å². The number of carbonyl (C=O) groups excluding carboxylic acids is 1. The van der Waals surface area contributed by atoms with E-state index in [-0.39, 0.29) is 5.91 Å². The lowest BCUT2D eigenvalue weighted by atomic mass is 9.87. The number of hydrogen-bond donors (Lipinski definition) is 2. The molecule has 0 unspecified atom stereocenters. The molecule has 0 saturated heterocycles. The van der Waals surface area contributed by atoms with Gasteiger partial charge in [-0.15, -0.1) is 0 Å². The van der Waals surface area contributed by atoms with Crippen molar-refractivity contribution >= 4 is 11.7 Å². The van der Waals surface area contributed by atoms with E-state index in [0.29, 0.717) is 17.5 Å². The number of amides is 1. The molecular formula is C17H27N3O. The highest BCUT2D eigenvalue weighted by atomic mass is 16.1. The van der Waals surface area contributed by atoms with E-state index >= 15 is 0 Å². The summed E-state index contributed by atoms with van der Waals surface area (Å²) in [6.45, 7) is 6.47. The number of anilines is 1. The zero-order valence-corrected chi connectivity index (χ0v) is 13.6. The van der Waals surface area contributed by atoms with Crippen molar-refractivity contribution in [2.45, 2.75) is 58.4 Å². The fourth-order valence-electron chi connectivity index (χ4n) is 2.78. The minimum atomic E-state index is 0.0235. The second-order valence-corrected chi connectivity index (χ2v) is 6.50. The van der Waals surface area contributed by atoms with E-state index in [9.17, 15) is 4.79 Å². The van der Waals surface area contributed by atoms with Gasteiger partial charge in [0.2, 0.25) is 0 Å². The summed E-state index contributed by atoms with van der Waals surface area (Å²) in [6.07, 6.45) is 4.60. The second kappa shape index (κ2) is 6.92. The van der Waals surface area contributed by atoms with Crippen LogP contribution in [0.15, 0.2) is 12.1 Å². The van der Waals surface area contributed by atoms with Crippen LogP contribution in [0.1, 0.15) is 68.4 Å². The Kier molecular flexibility index (Phi) is 5.21. The van der Waals surface area contributed by atoms with E-state index in [2.05, 4.69) is 36.4 Å². The highest BCUT2D eigenvalue weighted by Gasteiger charge is 2.21. The van der Waals surface area contributed by atoms with Crippen LogP contribution in [0, 0.1) is 5.92 Å². The number of hydrogen-bond acceptors (Lipinski definition) is 3. The van der Waals surface area contributed by atoms with Gasteiger partial charge in [0.15, 0.2) is 0 Å². The van der Waals surface area contributed by atoms with E-state index in [0.717, 1.165) is 30.3 Å². The second-order valence-electron chi connectivity index (χ2n) is 6.50. The molecule has 1 amide bonds. The van der Waals surface area contributed by atoms with Crippen LogP contribution in [0.3, 0.4) is 0 Å². The molecule has 0 spiro atoms.